The van der Waals surface area contributed by atoms with Gasteiger partial charge in [0, 0.05) is 19.5 Å². The number of hydrogen-bond acceptors (Lipinski definition) is 2. The Morgan fingerprint density at radius 2 is 1.95 bits per heavy atom. The maximum absolute atomic E-state index is 4.74. The molecule has 3 heteroatoms. The first kappa shape index (κ1) is 15.0. The molecule has 0 bridgehead atoms. The Morgan fingerprint density at radius 1 is 1.25 bits per heavy atom. The summed E-state index contributed by atoms with van der Waals surface area (Å²) in [5.41, 5.74) is 2.63. The van der Waals surface area contributed by atoms with Crippen LogP contribution in [-0.4, -0.2) is 22.6 Å². The minimum absolute atomic E-state index is 0.307. The van der Waals surface area contributed by atoms with Crippen molar-refractivity contribution in [1.29, 1.82) is 0 Å². The fourth-order valence-corrected chi connectivity index (χ4v) is 2.89. The van der Waals surface area contributed by atoms with Crippen LogP contribution in [0.4, 0.5) is 0 Å². The van der Waals surface area contributed by atoms with E-state index in [2.05, 4.69) is 69.0 Å². The van der Waals surface area contributed by atoms with Crippen molar-refractivity contribution < 1.29 is 0 Å². The summed E-state index contributed by atoms with van der Waals surface area (Å²) in [4.78, 5) is 4.74. The number of benzene rings is 1. The number of fused-ring (bicyclic) bond motifs is 1. The van der Waals surface area contributed by atoms with E-state index in [1.165, 1.54) is 24.2 Å². The Kier molecular flexibility index (Phi) is 4.48. The van der Waals surface area contributed by atoms with Crippen molar-refractivity contribution in [1.82, 2.24) is 14.9 Å². The van der Waals surface area contributed by atoms with Gasteiger partial charge in [-0.1, -0.05) is 32.9 Å². The molecule has 1 unspecified atom stereocenters. The third-order valence-electron chi connectivity index (χ3n) is 4.17. The van der Waals surface area contributed by atoms with Crippen LogP contribution in [-0.2, 0) is 13.5 Å². The van der Waals surface area contributed by atoms with E-state index in [4.69, 9.17) is 4.98 Å². The summed E-state index contributed by atoms with van der Waals surface area (Å²) >= 11 is 0. The summed E-state index contributed by atoms with van der Waals surface area (Å²) in [6.07, 6.45) is 3.39. The summed E-state index contributed by atoms with van der Waals surface area (Å²) in [5, 5.41) is 3.44. The van der Waals surface area contributed by atoms with E-state index in [-0.39, 0.29) is 0 Å². The second-order valence-corrected chi connectivity index (χ2v) is 6.68. The lowest BCUT2D eigenvalue weighted by atomic mass is 9.84. The second kappa shape index (κ2) is 5.96. The molecule has 0 spiro atoms. The minimum atomic E-state index is 0.307. The SMILES string of the molecule is CNC(CCCc1nc2ccccc2n1C)C(C)(C)C. The smallest absolute Gasteiger partial charge is 0.109 e. The van der Waals surface area contributed by atoms with Crippen LogP contribution in [0, 0.1) is 5.41 Å². The van der Waals surface area contributed by atoms with Crippen molar-refractivity contribution in [2.45, 2.75) is 46.1 Å². The Morgan fingerprint density at radius 3 is 2.55 bits per heavy atom. The highest BCUT2D eigenvalue weighted by Gasteiger charge is 2.22. The van der Waals surface area contributed by atoms with E-state index < -0.39 is 0 Å². The van der Waals surface area contributed by atoms with E-state index in [1.807, 2.05) is 0 Å². The zero-order valence-corrected chi connectivity index (χ0v) is 13.4. The molecule has 1 N–H and O–H groups in total. The van der Waals surface area contributed by atoms with Crippen LogP contribution in [0.3, 0.4) is 0 Å². The molecule has 0 fully saturated rings. The third kappa shape index (κ3) is 3.21. The van der Waals surface area contributed by atoms with Gasteiger partial charge in [-0.25, -0.2) is 4.98 Å². The van der Waals surface area contributed by atoms with Gasteiger partial charge in [0.2, 0.25) is 0 Å². The fraction of sp³-hybridized carbons (Fsp3) is 0.588. The van der Waals surface area contributed by atoms with E-state index in [9.17, 15) is 0 Å². The van der Waals surface area contributed by atoms with Gasteiger partial charge in [0.25, 0.3) is 0 Å². The molecule has 1 atom stereocenters. The van der Waals surface area contributed by atoms with Gasteiger partial charge >= 0.3 is 0 Å². The molecule has 1 aromatic carbocycles. The average molecular weight is 273 g/mol. The molecule has 1 aromatic heterocycles. The summed E-state index contributed by atoms with van der Waals surface area (Å²) in [7, 11) is 4.18. The summed E-state index contributed by atoms with van der Waals surface area (Å²) in [5.74, 6) is 1.19. The largest absolute Gasteiger partial charge is 0.331 e. The monoisotopic (exact) mass is 273 g/mol. The van der Waals surface area contributed by atoms with Crippen molar-refractivity contribution in [2.75, 3.05) is 7.05 Å². The Hall–Kier alpha value is -1.35. The molecule has 110 valence electrons. The normalized spacial score (nSPS) is 13.8. The molecule has 0 radical (unpaired) electrons. The number of para-hydroxylation sites is 2. The van der Waals surface area contributed by atoms with Crippen molar-refractivity contribution in [3.05, 3.63) is 30.1 Å². The van der Waals surface area contributed by atoms with E-state index >= 15 is 0 Å². The molecule has 3 nitrogen and oxygen atoms in total. The molecule has 0 saturated heterocycles. The van der Waals surface area contributed by atoms with Crippen LogP contribution in [0.25, 0.3) is 11.0 Å². The molecule has 0 aliphatic carbocycles. The topological polar surface area (TPSA) is 29.9 Å². The fourth-order valence-electron chi connectivity index (χ4n) is 2.89. The maximum Gasteiger partial charge on any atom is 0.109 e. The average Bonchev–Trinajstić information content (AvgIpc) is 2.71. The Labute approximate surface area is 122 Å². The van der Waals surface area contributed by atoms with Crippen LogP contribution in [0.1, 0.15) is 39.4 Å². The summed E-state index contributed by atoms with van der Waals surface area (Å²) in [6.45, 7) is 6.88. The number of rotatable bonds is 5. The number of imidazole rings is 1. The first-order valence-corrected chi connectivity index (χ1v) is 7.51. The molecule has 2 rings (SSSR count). The minimum Gasteiger partial charge on any atom is -0.331 e. The Bertz CT molecular complexity index is 563. The van der Waals surface area contributed by atoms with Crippen molar-refractivity contribution in [2.24, 2.45) is 12.5 Å². The highest BCUT2D eigenvalue weighted by Crippen LogP contribution is 2.23. The molecule has 0 saturated carbocycles. The Balaban J connectivity index is 2.01. The molecule has 20 heavy (non-hydrogen) atoms. The highest BCUT2D eigenvalue weighted by molar-refractivity contribution is 5.75. The van der Waals surface area contributed by atoms with E-state index in [1.54, 1.807) is 0 Å². The molecule has 0 aliphatic rings. The number of aryl methyl sites for hydroxylation is 2. The molecule has 0 aliphatic heterocycles. The maximum atomic E-state index is 4.74. The first-order chi connectivity index (χ1) is 9.43. The van der Waals surface area contributed by atoms with Gasteiger partial charge in [-0.2, -0.15) is 0 Å². The zero-order valence-electron chi connectivity index (χ0n) is 13.4. The lowest BCUT2D eigenvalue weighted by Gasteiger charge is -2.30. The van der Waals surface area contributed by atoms with Gasteiger partial charge in [-0.15, -0.1) is 0 Å². The van der Waals surface area contributed by atoms with Crippen LogP contribution < -0.4 is 5.32 Å². The van der Waals surface area contributed by atoms with Crippen LogP contribution in [0.15, 0.2) is 24.3 Å². The highest BCUT2D eigenvalue weighted by atomic mass is 15.1. The number of nitrogens with zero attached hydrogens (tertiary/aromatic N) is 2. The van der Waals surface area contributed by atoms with Gasteiger partial charge in [-0.3, -0.25) is 0 Å². The molecule has 1 heterocycles. The lowest BCUT2D eigenvalue weighted by Crippen LogP contribution is -2.37. The van der Waals surface area contributed by atoms with Crippen molar-refractivity contribution in [3.8, 4) is 0 Å². The standard InChI is InChI=1S/C17H27N3/c1-17(2,3)15(18-4)11-8-12-16-19-13-9-6-7-10-14(13)20(16)5/h6-7,9-10,15,18H,8,11-12H2,1-5H3. The van der Waals surface area contributed by atoms with E-state index in [0.29, 0.717) is 11.5 Å². The van der Waals surface area contributed by atoms with Gasteiger partial charge in [-0.05, 0) is 37.4 Å². The van der Waals surface area contributed by atoms with Crippen LogP contribution >= 0.6 is 0 Å². The summed E-state index contributed by atoms with van der Waals surface area (Å²) in [6, 6.07) is 8.90. The van der Waals surface area contributed by atoms with Crippen LogP contribution in [0.2, 0.25) is 0 Å². The van der Waals surface area contributed by atoms with E-state index in [0.717, 1.165) is 11.9 Å². The van der Waals surface area contributed by atoms with Gasteiger partial charge in [0.1, 0.15) is 5.82 Å². The predicted octanol–water partition coefficient (Wildman–Crippen LogP) is 3.53. The number of aromatic nitrogens is 2. The van der Waals surface area contributed by atoms with Gasteiger partial charge in [0.15, 0.2) is 0 Å². The molecular weight excluding hydrogens is 246 g/mol. The van der Waals surface area contributed by atoms with Crippen molar-refractivity contribution in [3.63, 3.8) is 0 Å². The molecule has 0 amide bonds. The third-order valence-corrected chi connectivity index (χ3v) is 4.17. The lowest BCUT2D eigenvalue weighted by molar-refractivity contribution is 0.263. The van der Waals surface area contributed by atoms with Gasteiger partial charge in [0.05, 0.1) is 11.0 Å². The predicted molar refractivity (Wildman–Crippen MR) is 86.0 cm³/mol. The number of hydrogen-bond donors (Lipinski definition) is 1. The van der Waals surface area contributed by atoms with Crippen molar-refractivity contribution >= 4 is 11.0 Å². The van der Waals surface area contributed by atoms with Crippen LogP contribution in [0.5, 0.6) is 0 Å². The summed E-state index contributed by atoms with van der Waals surface area (Å²) < 4.78 is 2.22. The first-order valence-electron chi connectivity index (χ1n) is 7.51. The molecular formula is C17H27N3. The number of nitrogens with one attached hydrogen (secondary N) is 1. The molecule has 2 aromatic rings. The zero-order chi connectivity index (χ0) is 14.8. The quantitative estimate of drug-likeness (QED) is 0.903. The second-order valence-electron chi connectivity index (χ2n) is 6.68. The van der Waals surface area contributed by atoms with Gasteiger partial charge < -0.3 is 9.88 Å².